The molecule has 6 amide bonds. The summed E-state index contributed by atoms with van der Waals surface area (Å²) in [7, 11) is 0. The topological polar surface area (TPSA) is 378 Å². The number of nitriles is 3. The Morgan fingerprint density at radius 1 is 0.569 bits per heavy atom. The Balaban J connectivity index is 0.000000178. The minimum absolute atomic E-state index is 0.00131. The van der Waals surface area contributed by atoms with Gasteiger partial charge >= 0.3 is 12.2 Å². The number of aromatic amines is 1. The van der Waals surface area contributed by atoms with Gasteiger partial charge in [-0.3, -0.25) is 24.3 Å². The van der Waals surface area contributed by atoms with Crippen molar-refractivity contribution in [2.45, 2.75) is 146 Å². The Morgan fingerprint density at radius 3 is 1.31 bits per heavy atom. The molecule has 0 saturated carbocycles. The van der Waals surface area contributed by atoms with Crippen molar-refractivity contribution in [2.24, 2.45) is 11.7 Å². The fourth-order valence-electron chi connectivity index (χ4n) is 9.87. The van der Waals surface area contributed by atoms with Crippen molar-refractivity contribution in [1.29, 1.82) is 15.8 Å². The molecule has 526 valence electrons. The van der Waals surface area contributed by atoms with Crippen molar-refractivity contribution < 1.29 is 51.4 Å². The van der Waals surface area contributed by atoms with Crippen LogP contribution in [-0.2, 0) is 33.9 Å². The van der Waals surface area contributed by atoms with Crippen LogP contribution in [0.1, 0.15) is 197 Å². The summed E-state index contributed by atoms with van der Waals surface area (Å²) in [5.74, 6) is -0.838. The molecule has 27 nitrogen and oxygen atoms in total. The SMILES string of the molecule is CC(C)(C)OC(=O)N1Cc2nc(-c3c(F)cccc3C#N)cc(Cl)c2C1=O.CC(C)C(N)=O.CC(C)c1ncn(-c2cc(-c3c(F)cccc3C#N)nc3c2C(=O)N(C(=O)OC(C)(C)C)C3)n1.CC(C)c1ncn(-c2cc(-c3c(F)cccc3C#N)nc3c2C(=O)NC3)n1.CC(C)c1ncn[nH]1. The summed E-state index contributed by atoms with van der Waals surface area (Å²) in [5, 5.41) is 46.2. The van der Waals surface area contributed by atoms with E-state index in [0.29, 0.717) is 34.5 Å². The van der Waals surface area contributed by atoms with Crippen LogP contribution in [0.4, 0.5) is 22.8 Å². The Morgan fingerprint density at radius 2 is 0.961 bits per heavy atom. The summed E-state index contributed by atoms with van der Waals surface area (Å²) in [6, 6.07) is 22.8. The van der Waals surface area contributed by atoms with Gasteiger partial charge < -0.3 is 20.5 Å². The average molecular weight is 1410 g/mol. The summed E-state index contributed by atoms with van der Waals surface area (Å²) >= 11 is 6.23. The number of hydrogen-bond acceptors (Lipinski definition) is 20. The van der Waals surface area contributed by atoms with E-state index in [0.717, 1.165) is 15.6 Å². The fraction of sp³-hybridized carbons (Fsp3) is 0.324. The van der Waals surface area contributed by atoms with Crippen molar-refractivity contribution in [2.75, 3.05) is 0 Å². The molecule has 9 aromatic rings. The number of ether oxygens (including phenoxy) is 2. The van der Waals surface area contributed by atoms with Gasteiger partial charge in [0.05, 0.1) is 138 Å². The van der Waals surface area contributed by atoms with Crippen molar-refractivity contribution >= 4 is 47.4 Å². The molecule has 6 aromatic heterocycles. The van der Waals surface area contributed by atoms with Crippen molar-refractivity contribution in [3.63, 3.8) is 0 Å². The maximum absolute atomic E-state index is 14.8. The molecule has 0 aliphatic carbocycles. The molecule has 0 spiro atoms. The molecule has 9 heterocycles. The molecule has 12 rings (SSSR count). The first-order valence-corrected chi connectivity index (χ1v) is 32.1. The largest absolute Gasteiger partial charge is 0.443 e. The molecule has 0 radical (unpaired) electrons. The number of benzene rings is 3. The first kappa shape index (κ1) is 75.7. The zero-order valence-electron chi connectivity index (χ0n) is 58.1. The number of imide groups is 2. The quantitative estimate of drug-likeness (QED) is 0.121. The highest BCUT2D eigenvalue weighted by molar-refractivity contribution is 6.35. The van der Waals surface area contributed by atoms with Gasteiger partial charge in [-0.2, -0.15) is 31.1 Å². The Labute approximate surface area is 589 Å². The number of rotatable bonds is 9. The highest BCUT2D eigenvalue weighted by Crippen LogP contribution is 2.38. The molecular weight excluding hydrogens is 1340 g/mol. The third-order valence-electron chi connectivity index (χ3n) is 14.9. The minimum Gasteiger partial charge on any atom is -0.443 e. The van der Waals surface area contributed by atoms with Gasteiger partial charge in [-0.05, 0) is 96.1 Å². The van der Waals surface area contributed by atoms with Gasteiger partial charge in [0.25, 0.3) is 17.7 Å². The lowest BCUT2D eigenvalue weighted by molar-refractivity contribution is -0.120. The van der Waals surface area contributed by atoms with E-state index in [9.17, 15) is 57.7 Å². The second-order valence-electron chi connectivity index (χ2n) is 26.2. The van der Waals surface area contributed by atoms with Crippen LogP contribution in [0.5, 0.6) is 0 Å². The van der Waals surface area contributed by atoms with E-state index >= 15 is 0 Å². The molecule has 3 aromatic carbocycles. The lowest BCUT2D eigenvalue weighted by Crippen LogP contribution is -2.37. The van der Waals surface area contributed by atoms with Crippen LogP contribution in [0.3, 0.4) is 0 Å². The van der Waals surface area contributed by atoms with E-state index in [1.165, 1.54) is 95.1 Å². The summed E-state index contributed by atoms with van der Waals surface area (Å²) < 4.78 is 57.1. The van der Waals surface area contributed by atoms with Crippen molar-refractivity contribution in [3.05, 3.63) is 182 Å². The van der Waals surface area contributed by atoms with Crippen LogP contribution in [0.2, 0.25) is 5.02 Å². The van der Waals surface area contributed by atoms with Crippen LogP contribution in [0, 0.1) is 57.4 Å². The van der Waals surface area contributed by atoms with E-state index in [1.54, 1.807) is 61.5 Å². The number of hydrogen-bond donors (Lipinski definition) is 3. The van der Waals surface area contributed by atoms with E-state index in [-0.39, 0.29) is 133 Å². The number of nitrogens with two attached hydrogens (primary N) is 1. The first-order chi connectivity index (χ1) is 48.1. The molecule has 0 bridgehead atoms. The highest BCUT2D eigenvalue weighted by Gasteiger charge is 2.41. The van der Waals surface area contributed by atoms with Crippen LogP contribution < -0.4 is 11.1 Å². The fourth-order valence-corrected chi connectivity index (χ4v) is 10.2. The summed E-state index contributed by atoms with van der Waals surface area (Å²) in [6.45, 7) is 25.5. The van der Waals surface area contributed by atoms with E-state index in [2.05, 4.69) is 69.5 Å². The molecule has 3 aliphatic rings. The number of H-pyrrole nitrogens is 1. The third kappa shape index (κ3) is 17.3. The van der Waals surface area contributed by atoms with Gasteiger partial charge in [0.15, 0.2) is 11.6 Å². The number of primary amides is 1. The Hall–Kier alpha value is -12.1. The smallest absolute Gasteiger partial charge is 0.417 e. The standard InChI is InChI=1S/C24H23FN6O3.C19H15ClFN3O3.C19H15FN6O.C5H9N3.C4H9NO/c1-13(2)21-27-12-31(29-21)18-9-16(19-14(10-26)7-6-8-15(19)25)28-17-11-30(22(32)20(17)18)23(33)34-24(3,4)5;1-19(2,3)27-18(26)24-9-14-16(17(24)25)11(20)7-13(23-14)15-10(8-22)5-4-6-12(15)21;1-10(2)18-23-9-26(25-18)15-6-13(24-14-8-22-19(27)17(14)15)16-11(7-21)4-3-5-12(16)20;1-4(2)5-6-3-7-8-5;1-3(2)4(5)6/h6-9,12-13H,11H2,1-5H3;4-7H,9H2,1-3H3;3-6,9-10H,8H2,1-2H3,(H,22,27);3-4H,1-2H3,(H,6,7,8);3H,1-2H3,(H2,5,6). The van der Waals surface area contributed by atoms with E-state index < -0.39 is 52.7 Å². The third-order valence-corrected chi connectivity index (χ3v) is 15.2. The lowest BCUT2D eigenvalue weighted by Gasteiger charge is -2.23. The zero-order chi connectivity index (χ0) is 75.0. The number of nitrogens with zero attached hydrogens (tertiary/aromatic N) is 16. The normalized spacial score (nSPS) is 12.7. The van der Waals surface area contributed by atoms with Gasteiger partial charge in [0, 0.05) is 23.7 Å². The molecule has 4 N–H and O–H groups in total. The minimum atomic E-state index is -0.813. The molecule has 31 heteroatoms. The monoisotopic (exact) mass is 1410 g/mol. The number of carbonyl (C=O) groups excluding carboxylic acids is 6. The molecule has 0 unspecified atom stereocenters. The van der Waals surface area contributed by atoms with E-state index in [1.807, 2.05) is 45.9 Å². The summed E-state index contributed by atoms with van der Waals surface area (Å²) in [5.41, 5.74) is 6.49. The predicted molar refractivity (Wildman–Crippen MR) is 364 cm³/mol. The number of amides is 6. The van der Waals surface area contributed by atoms with Gasteiger partial charge in [-0.25, -0.2) is 71.8 Å². The number of nitrogens with one attached hydrogen (secondary N) is 2. The van der Waals surface area contributed by atoms with Crippen LogP contribution in [0.25, 0.3) is 45.1 Å². The second kappa shape index (κ2) is 31.4. The molecular formula is C71H71ClF3N19O8. The number of fused-ring (bicyclic) bond motifs is 3. The number of aromatic nitrogens is 12. The predicted octanol–water partition coefficient (Wildman–Crippen LogP) is 12.4. The zero-order valence-corrected chi connectivity index (χ0v) is 58.9. The average Bonchev–Trinajstić information content (AvgIpc) is 1.59. The molecule has 0 atom stereocenters. The van der Waals surface area contributed by atoms with E-state index in [4.69, 9.17) is 26.8 Å². The molecule has 102 heavy (non-hydrogen) atoms. The van der Waals surface area contributed by atoms with Gasteiger partial charge in [-0.1, -0.05) is 85.2 Å². The molecule has 3 aliphatic heterocycles. The number of carbonyl (C=O) groups is 6. The van der Waals surface area contributed by atoms with Crippen molar-refractivity contribution in [3.8, 4) is 63.4 Å². The summed E-state index contributed by atoms with van der Waals surface area (Å²) in [4.78, 5) is 101. The van der Waals surface area contributed by atoms with Crippen molar-refractivity contribution in [1.82, 2.24) is 74.8 Å². The van der Waals surface area contributed by atoms with Gasteiger partial charge in [-0.15, -0.1) is 0 Å². The first-order valence-electron chi connectivity index (χ1n) is 31.8. The Kier molecular flexibility index (Phi) is 23.3. The number of pyridine rings is 3. The maximum atomic E-state index is 14.8. The molecule has 0 fully saturated rings. The summed E-state index contributed by atoms with van der Waals surface area (Å²) in [6.07, 6.45) is 2.87. The Bertz CT molecular complexity index is 4860. The van der Waals surface area contributed by atoms with Crippen LogP contribution in [0.15, 0.2) is 91.8 Å². The van der Waals surface area contributed by atoms with Gasteiger partial charge in [0.1, 0.15) is 53.5 Å². The van der Waals surface area contributed by atoms with Crippen LogP contribution in [-0.4, -0.2) is 116 Å². The lowest BCUT2D eigenvalue weighted by atomic mass is 10.0. The second-order valence-corrected chi connectivity index (χ2v) is 26.6. The van der Waals surface area contributed by atoms with Gasteiger partial charge in [0.2, 0.25) is 5.91 Å². The van der Waals surface area contributed by atoms with Crippen LogP contribution >= 0.6 is 11.6 Å². The highest BCUT2D eigenvalue weighted by atomic mass is 35.5. The maximum Gasteiger partial charge on any atom is 0.417 e. The number of halogens is 4. The molecule has 0 saturated heterocycles.